The number of ether oxygens (including phenoxy) is 1. The van der Waals surface area contributed by atoms with Crippen LogP contribution in [-0.2, 0) is 11.3 Å². The lowest BCUT2D eigenvalue weighted by Gasteiger charge is -2.10. The number of carbonyl (C=O) groups excluding carboxylic acids is 1. The van der Waals surface area contributed by atoms with Crippen LogP contribution in [-0.4, -0.2) is 37.6 Å². The van der Waals surface area contributed by atoms with Gasteiger partial charge in [0.1, 0.15) is 11.4 Å². The normalized spacial score (nSPS) is 10.9. The number of aryl methyl sites for hydroxylation is 2. The van der Waals surface area contributed by atoms with Crippen molar-refractivity contribution in [3.63, 3.8) is 0 Å². The van der Waals surface area contributed by atoms with E-state index < -0.39 is 5.82 Å². The van der Waals surface area contributed by atoms with Gasteiger partial charge in [-0.1, -0.05) is 0 Å². The highest BCUT2D eigenvalue weighted by molar-refractivity contribution is 7.71. The van der Waals surface area contributed by atoms with Crippen molar-refractivity contribution in [2.24, 2.45) is 0 Å². The smallest absolute Gasteiger partial charge is 0.226 e. The van der Waals surface area contributed by atoms with Gasteiger partial charge < -0.3 is 10.1 Å². The van der Waals surface area contributed by atoms with Crippen LogP contribution in [0.2, 0.25) is 0 Å². The first-order valence-electron chi connectivity index (χ1n) is 10.3. The monoisotopic (exact) mass is 466 g/mol. The first-order valence-corrected chi connectivity index (χ1v) is 10.7. The summed E-state index contributed by atoms with van der Waals surface area (Å²) in [5.74, 6) is 0.612. The quantitative estimate of drug-likeness (QED) is 0.389. The molecule has 1 amide bonds. The highest BCUT2D eigenvalue weighted by Crippen LogP contribution is 2.22. The van der Waals surface area contributed by atoms with Crippen LogP contribution in [0, 0.1) is 24.4 Å². The van der Waals surface area contributed by atoms with E-state index in [0.717, 1.165) is 22.7 Å². The van der Waals surface area contributed by atoms with Crippen LogP contribution in [0.5, 0.6) is 5.75 Å². The molecule has 0 fully saturated rings. The first-order chi connectivity index (χ1) is 15.9. The third kappa shape index (κ3) is 4.85. The minimum atomic E-state index is -0.474. The fourth-order valence-electron chi connectivity index (χ4n) is 3.55. The van der Waals surface area contributed by atoms with Gasteiger partial charge >= 0.3 is 0 Å². The van der Waals surface area contributed by atoms with Gasteiger partial charge in [0, 0.05) is 29.9 Å². The number of H-pyrrole nitrogens is 1. The van der Waals surface area contributed by atoms with Crippen molar-refractivity contribution in [2.45, 2.75) is 26.8 Å². The summed E-state index contributed by atoms with van der Waals surface area (Å²) in [7, 11) is 1.60. The number of hydrogen-bond donors (Lipinski definition) is 2. The van der Waals surface area contributed by atoms with Gasteiger partial charge in [-0.3, -0.25) is 14.5 Å². The Morgan fingerprint density at radius 1 is 1.18 bits per heavy atom. The van der Waals surface area contributed by atoms with E-state index in [1.165, 1.54) is 10.7 Å². The van der Waals surface area contributed by atoms with Gasteiger partial charge in [-0.25, -0.2) is 9.07 Å². The zero-order valence-corrected chi connectivity index (χ0v) is 19.2. The van der Waals surface area contributed by atoms with Crippen LogP contribution in [0.4, 0.5) is 10.1 Å². The van der Waals surface area contributed by atoms with Crippen molar-refractivity contribution in [2.75, 3.05) is 12.4 Å². The van der Waals surface area contributed by atoms with E-state index in [9.17, 15) is 9.18 Å². The number of nitrogens with zero attached hydrogens (tertiary/aromatic N) is 4. The second-order valence-corrected chi connectivity index (χ2v) is 7.92. The molecule has 2 heterocycles. The lowest BCUT2D eigenvalue weighted by atomic mass is 10.2. The maximum atomic E-state index is 14.7. The number of aromatic nitrogens is 5. The Morgan fingerprint density at radius 2 is 1.94 bits per heavy atom. The summed E-state index contributed by atoms with van der Waals surface area (Å²) >= 11 is 5.32. The van der Waals surface area contributed by atoms with E-state index in [1.807, 2.05) is 44.2 Å². The van der Waals surface area contributed by atoms with Gasteiger partial charge in [0.15, 0.2) is 16.4 Å². The maximum absolute atomic E-state index is 14.7. The van der Waals surface area contributed by atoms with Crippen molar-refractivity contribution in [1.29, 1.82) is 0 Å². The molecule has 0 unspecified atom stereocenters. The molecule has 0 saturated carbocycles. The number of carbonyl (C=O) groups is 1. The number of halogens is 1. The number of hydrogen-bond acceptors (Lipinski definition) is 5. The van der Waals surface area contributed by atoms with Crippen LogP contribution in [0.15, 0.2) is 48.5 Å². The number of amides is 1. The van der Waals surface area contributed by atoms with E-state index in [1.54, 1.807) is 23.8 Å². The molecule has 0 spiro atoms. The number of aromatic amines is 1. The van der Waals surface area contributed by atoms with Gasteiger partial charge in [0.2, 0.25) is 5.91 Å². The third-order valence-corrected chi connectivity index (χ3v) is 5.45. The summed E-state index contributed by atoms with van der Waals surface area (Å²) in [5, 5.41) is 14.1. The molecular formula is C23H23FN6O2S. The summed E-state index contributed by atoms with van der Waals surface area (Å²) in [6, 6.07) is 13.8. The largest absolute Gasteiger partial charge is 0.497 e. The van der Waals surface area contributed by atoms with Crippen molar-refractivity contribution in [3.8, 4) is 22.8 Å². The van der Waals surface area contributed by atoms with Crippen LogP contribution < -0.4 is 10.1 Å². The second-order valence-electron chi connectivity index (χ2n) is 7.54. The molecule has 4 aromatic rings. The predicted molar refractivity (Wildman–Crippen MR) is 126 cm³/mol. The summed E-state index contributed by atoms with van der Waals surface area (Å²) < 4.78 is 23.6. The number of methoxy groups -OCH3 is 1. The number of benzene rings is 2. The number of nitrogens with one attached hydrogen (secondary N) is 2. The Bertz CT molecular complexity index is 1360. The van der Waals surface area contributed by atoms with Crippen LogP contribution in [0.3, 0.4) is 0 Å². The molecule has 170 valence electrons. The Hall–Kier alpha value is -3.79. The molecule has 4 rings (SSSR count). The van der Waals surface area contributed by atoms with Crippen molar-refractivity contribution >= 4 is 23.8 Å². The average Bonchev–Trinajstić information content (AvgIpc) is 3.33. The molecule has 10 heteroatoms. The van der Waals surface area contributed by atoms with Crippen LogP contribution in [0.1, 0.15) is 17.8 Å². The zero-order chi connectivity index (χ0) is 23.5. The Balaban J connectivity index is 1.44. The van der Waals surface area contributed by atoms with Gasteiger partial charge in [-0.15, -0.1) is 0 Å². The fraction of sp³-hybridized carbons (Fsp3) is 0.217. The molecule has 2 aromatic heterocycles. The number of anilines is 1. The van der Waals surface area contributed by atoms with Gasteiger partial charge in [0.05, 0.1) is 12.8 Å². The Labute approximate surface area is 195 Å². The van der Waals surface area contributed by atoms with Crippen molar-refractivity contribution in [1.82, 2.24) is 24.5 Å². The fourth-order valence-corrected chi connectivity index (χ4v) is 3.78. The molecule has 8 nitrogen and oxygen atoms in total. The minimum Gasteiger partial charge on any atom is -0.497 e. The first kappa shape index (κ1) is 22.4. The molecule has 0 aliphatic heterocycles. The summed E-state index contributed by atoms with van der Waals surface area (Å²) in [4.78, 5) is 12.5. The van der Waals surface area contributed by atoms with Gasteiger partial charge in [0.25, 0.3) is 0 Å². The molecule has 2 N–H and O–H groups in total. The summed E-state index contributed by atoms with van der Waals surface area (Å²) in [5.41, 5.74) is 3.16. The molecule has 2 aromatic carbocycles. The Kier molecular flexibility index (Phi) is 6.36. The second kappa shape index (κ2) is 9.37. The van der Waals surface area contributed by atoms with Crippen LogP contribution in [0.25, 0.3) is 17.1 Å². The molecule has 0 aliphatic rings. The molecule has 0 aliphatic carbocycles. The molecule has 0 bridgehead atoms. The lowest BCUT2D eigenvalue weighted by molar-refractivity contribution is -0.116. The predicted octanol–water partition coefficient (Wildman–Crippen LogP) is 4.59. The van der Waals surface area contributed by atoms with Crippen molar-refractivity contribution < 1.29 is 13.9 Å². The van der Waals surface area contributed by atoms with Gasteiger partial charge in [-0.05, 0) is 74.6 Å². The SMILES string of the molecule is COc1ccc(-c2n[nH]c(=S)n2CCC(=O)Nc2ccc(-n3nc(C)cc3C)c(F)c2)cc1. The topological polar surface area (TPSA) is 89.8 Å². The highest BCUT2D eigenvalue weighted by atomic mass is 32.1. The van der Waals surface area contributed by atoms with Crippen LogP contribution >= 0.6 is 12.2 Å². The van der Waals surface area contributed by atoms with E-state index in [-0.39, 0.29) is 12.3 Å². The lowest BCUT2D eigenvalue weighted by Crippen LogP contribution is -2.15. The molecular weight excluding hydrogens is 443 g/mol. The standard InChI is InChI=1S/C23H23FN6O2S/c1-14-12-15(2)30(28-14)20-9-6-17(13-19(20)24)25-21(31)10-11-29-22(26-27-23(29)33)16-4-7-18(32-3)8-5-16/h4-9,12-13H,10-11H2,1-3H3,(H,25,31)(H,27,33). The Morgan fingerprint density at radius 3 is 2.58 bits per heavy atom. The molecule has 33 heavy (non-hydrogen) atoms. The van der Waals surface area contributed by atoms with E-state index in [2.05, 4.69) is 20.6 Å². The maximum Gasteiger partial charge on any atom is 0.226 e. The average molecular weight is 467 g/mol. The third-order valence-electron chi connectivity index (χ3n) is 5.14. The summed E-state index contributed by atoms with van der Waals surface area (Å²) in [6.45, 7) is 4.02. The summed E-state index contributed by atoms with van der Waals surface area (Å²) in [6.07, 6.45) is 0.137. The highest BCUT2D eigenvalue weighted by Gasteiger charge is 2.13. The zero-order valence-electron chi connectivity index (χ0n) is 18.4. The minimum absolute atomic E-state index is 0.137. The van der Waals surface area contributed by atoms with E-state index in [4.69, 9.17) is 17.0 Å². The number of rotatable bonds is 7. The van der Waals surface area contributed by atoms with Crippen molar-refractivity contribution in [3.05, 3.63) is 70.5 Å². The molecule has 0 atom stereocenters. The van der Waals surface area contributed by atoms with E-state index in [0.29, 0.717) is 28.5 Å². The molecule has 0 saturated heterocycles. The molecule has 0 radical (unpaired) electrons. The van der Waals surface area contributed by atoms with E-state index >= 15 is 0 Å². The van der Waals surface area contributed by atoms with Gasteiger partial charge in [-0.2, -0.15) is 10.2 Å².